The summed E-state index contributed by atoms with van der Waals surface area (Å²) < 4.78 is 7.12. The molecule has 1 aromatic carbocycles. The van der Waals surface area contributed by atoms with E-state index in [1.807, 2.05) is 61.7 Å². The average molecular weight is 398 g/mol. The fourth-order valence-corrected chi connectivity index (χ4v) is 3.42. The van der Waals surface area contributed by atoms with Crippen LogP contribution in [-0.2, 0) is 16.1 Å². The highest BCUT2D eigenvalue weighted by atomic mass is 32.1. The quantitative estimate of drug-likeness (QED) is 0.617. The molecule has 7 heteroatoms. The second-order valence-electron chi connectivity index (χ2n) is 6.76. The molecule has 1 N–H and O–H groups in total. The number of nitrogens with one attached hydrogen (secondary N) is 1. The predicted molar refractivity (Wildman–Crippen MR) is 109 cm³/mol. The van der Waals surface area contributed by atoms with Crippen molar-refractivity contribution in [2.45, 2.75) is 39.5 Å². The molecular weight excluding hydrogens is 374 g/mol. The van der Waals surface area contributed by atoms with Crippen LogP contribution in [0, 0.1) is 0 Å². The zero-order chi connectivity index (χ0) is 20.1. The highest BCUT2D eigenvalue weighted by Crippen LogP contribution is 2.27. The van der Waals surface area contributed by atoms with E-state index in [1.54, 1.807) is 17.8 Å². The summed E-state index contributed by atoms with van der Waals surface area (Å²) in [5, 5.41) is 9.27. The minimum absolute atomic E-state index is 0.0241. The largest absolute Gasteiger partial charge is 0.449 e. The molecule has 0 spiro atoms. The Kier molecular flexibility index (Phi) is 6.26. The molecular formula is C21H23N3O3S. The number of carbonyl (C=O) groups excluding carboxylic acids is 2. The normalized spacial score (nSPS) is 12.0. The molecule has 28 heavy (non-hydrogen) atoms. The second-order valence-corrected chi connectivity index (χ2v) is 7.71. The van der Waals surface area contributed by atoms with Crippen molar-refractivity contribution in [3.63, 3.8) is 0 Å². The summed E-state index contributed by atoms with van der Waals surface area (Å²) in [7, 11) is 0. The molecule has 0 aliphatic heterocycles. The number of ether oxygens (including phenoxy) is 1. The van der Waals surface area contributed by atoms with E-state index >= 15 is 0 Å². The van der Waals surface area contributed by atoms with Gasteiger partial charge in [0.25, 0.3) is 5.91 Å². The molecule has 0 saturated heterocycles. The van der Waals surface area contributed by atoms with Crippen LogP contribution in [0.5, 0.6) is 0 Å². The standard InChI is InChI=1S/C21H23N3O3S/c1-14(2)22-20(25)15(3)27-21(26)17-13-24(12-16-8-5-4-6-9-16)23-19(17)18-10-7-11-28-18/h4-11,13-15H,12H2,1-3H3,(H,22,25). The van der Waals surface area contributed by atoms with Crippen molar-refractivity contribution in [1.82, 2.24) is 15.1 Å². The maximum atomic E-state index is 12.8. The van der Waals surface area contributed by atoms with E-state index in [4.69, 9.17) is 4.74 Å². The number of carbonyl (C=O) groups is 2. The lowest BCUT2D eigenvalue weighted by atomic mass is 10.2. The van der Waals surface area contributed by atoms with Gasteiger partial charge in [0.2, 0.25) is 0 Å². The van der Waals surface area contributed by atoms with E-state index in [-0.39, 0.29) is 11.9 Å². The molecule has 6 nitrogen and oxygen atoms in total. The third-order valence-electron chi connectivity index (χ3n) is 4.01. The van der Waals surface area contributed by atoms with Crippen molar-refractivity contribution in [3.8, 4) is 10.6 Å². The first kappa shape index (κ1) is 19.8. The molecule has 1 atom stereocenters. The van der Waals surface area contributed by atoms with Gasteiger partial charge in [-0.25, -0.2) is 4.79 Å². The first-order valence-corrected chi connectivity index (χ1v) is 9.98. The molecule has 0 fully saturated rings. The average Bonchev–Trinajstić information content (AvgIpc) is 3.31. The number of benzene rings is 1. The zero-order valence-corrected chi connectivity index (χ0v) is 16.9. The van der Waals surface area contributed by atoms with Crippen molar-refractivity contribution in [2.24, 2.45) is 0 Å². The van der Waals surface area contributed by atoms with Gasteiger partial charge in [-0.1, -0.05) is 36.4 Å². The van der Waals surface area contributed by atoms with E-state index in [9.17, 15) is 9.59 Å². The lowest BCUT2D eigenvalue weighted by Crippen LogP contribution is -2.39. The molecule has 0 aliphatic carbocycles. The van der Waals surface area contributed by atoms with Crippen molar-refractivity contribution in [2.75, 3.05) is 0 Å². The number of aromatic nitrogens is 2. The molecule has 3 rings (SSSR count). The number of amides is 1. The van der Waals surface area contributed by atoms with Gasteiger partial charge in [0.15, 0.2) is 6.10 Å². The Morgan fingerprint density at radius 2 is 1.89 bits per heavy atom. The molecule has 0 saturated carbocycles. The third-order valence-corrected chi connectivity index (χ3v) is 4.88. The van der Waals surface area contributed by atoms with Gasteiger partial charge in [-0.3, -0.25) is 9.48 Å². The second kappa shape index (κ2) is 8.84. The zero-order valence-electron chi connectivity index (χ0n) is 16.1. The maximum absolute atomic E-state index is 12.8. The Morgan fingerprint density at radius 3 is 2.54 bits per heavy atom. The van der Waals surface area contributed by atoms with Crippen LogP contribution < -0.4 is 5.32 Å². The van der Waals surface area contributed by atoms with Crippen molar-refractivity contribution in [1.29, 1.82) is 0 Å². The summed E-state index contributed by atoms with van der Waals surface area (Å²) in [4.78, 5) is 25.7. The summed E-state index contributed by atoms with van der Waals surface area (Å²) in [5.41, 5.74) is 1.99. The van der Waals surface area contributed by atoms with E-state index in [1.165, 1.54) is 11.3 Å². The summed E-state index contributed by atoms with van der Waals surface area (Å²) >= 11 is 1.50. The van der Waals surface area contributed by atoms with Crippen molar-refractivity contribution < 1.29 is 14.3 Å². The Labute approximate surface area is 168 Å². The summed E-state index contributed by atoms with van der Waals surface area (Å²) in [5.74, 6) is -0.883. The van der Waals surface area contributed by atoms with E-state index in [0.29, 0.717) is 17.8 Å². The molecule has 2 aromatic heterocycles. The fraction of sp³-hybridized carbons (Fsp3) is 0.286. The van der Waals surface area contributed by atoms with Crippen LogP contribution in [0.1, 0.15) is 36.7 Å². The SMILES string of the molecule is CC(C)NC(=O)C(C)OC(=O)c1cn(Cc2ccccc2)nc1-c1cccs1. The van der Waals surface area contributed by atoms with Crippen LogP contribution >= 0.6 is 11.3 Å². The molecule has 2 heterocycles. The highest BCUT2D eigenvalue weighted by Gasteiger charge is 2.24. The molecule has 3 aromatic rings. The number of hydrogen-bond donors (Lipinski definition) is 1. The molecule has 146 valence electrons. The minimum atomic E-state index is -0.886. The summed E-state index contributed by atoms with van der Waals surface area (Å²) in [6.07, 6.45) is 0.792. The van der Waals surface area contributed by atoms with Crippen molar-refractivity contribution >= 4 is 23.2 Å². The minimum Gasteiger partial charge on any atom is -0.449 e. The van der Waals surface area contributed by atoms with Crippen molar-refractivity contribution in [3.05, 3.63) is 65.2 Å². The van der Waals surface area contributed by atoms with Crippen LogP contribution in [0.3, 0.4) is 0 Å². The van der Waals surface area contributed by atoms with Gasteiger partial charge in [-0.05, 0) is 37.8 Å². The number of esters is 1. The first-order valence-electron chi connectivity index (χ1n) is 9.10. The maximum Gasteiger partial charge on any atom is 0.342 e. The number of nitrogens with zero attached hydrogens (tertiary/aromatic N) is 2. The summed E-state index contributed by atoms with van der Waals surface area (Å²) in [6.45, 7) is 5.81. The van der Waals surface area contributed by atoms with Gasteiger partial charge >= 0.3 is 5.97 Å². The molecule has 1 unspecified atom stereocenters. The first-order chi connectivity index (χ1) is 13.4. The Balaban J connectivity index is 1.84. The van der Waals surface area contributed by atoms with Gasteiger partial charge in [0.1, 0.15) is 11.3 Å². The number of thiophene rings is 1. The van der Waals surface area contributed by atoms with Crippen LogP contribution in [0.4, 0.5) is 0 Å². The molecule has 0 bridgehead atoms. The molecule has 0 radical (unpaired) electrons. The van der Waals surface area contributed by atoms with Crippen LogP contribution in [-0.4, -0.2) is 33.8 Å². The van der Waals surface area contributed by atoms with Crippen LogP contribution in [0.25, 0.3) is 10.6 Å². The Bertz CT molecular complexity index is 933. The highest BCUT2D eigenvalue weighted by molar-refractivity contribution is 7.13. The Hall–Kier alpha value is -2.93. The number of hydrogen-bond acceptors (Lipinski definition) is 5. The lowest BCUT2D eigenvalue weighted by Gasteiger charge is -2.15. The van der Waals surface area contributed by atoms with Gasteiger partial charge in [0, 0.05) is 12.2 Å². The smallest absolute Gasteiger partial charge is 0.342 e. The number of rotatable bonds is 7. The summed E-state index contributed by atoms with van der Waals surface area (Å²) in [6, 6.07) is 13.7. The van der Waals surface area contributed by atoms with Gasteiger partial charge in [-0.15, -0.1) is 11.3 Å². The predicted octanol–water partition coefficient (Wildman–Crippen LogP) is 3.73. The van der Waals surface area contributed by atoms with Gasteiger partial charge < -0.3 is 10.1 Å². The monoisotopic (exact) mass is 397 g/mol. The topological polar surface area (TPSA) is 73.2 Å². The fourth-order valence-electron chi connectivity index (χ4n) is 2.70. The van der Waals surface area contributed by atoms with Crippen LogP contribution in [0.15, 0.2) is 54.0 Å². The van der Waals surface area contributed by atoms with E-state index in [0.717, 1.165) is 10.4 Å². The third kappa shape index (κ3) is 4.86. The van der Waals surface area contributed by atoms with Gasteiger partial charge in [0.05, 0.1) is 11.4 Å². The lowest BCUT2D eigenvalue weighted by molar-refractivity contribution is -0.129. The van der Waals surface area contributed by atoms with Gasteiger partial charge in [-0.2, -0.15) is 5.10 Å². The van der Waals surface area contributed by atoms with E-state index < -0.39 is 12.1 Å². The van der Waals surface area contributed by atoms with Crippen LogP contribution in [0.2, 0.25) is 0 Å². The van der Waals surface area contributed by atoms with E-state index in [2.05, 4.69) is 10.4 Å². The molecule has 0 aliphatic rings. The molecule has 1 amide bonds. The Morgan fingerprint density at radius 1 is 1.14 bits per heavy atom.